The van der Waals surface area contributed by atoms with E-state index >= 15 is 0 Å². The highest BCUT2D eigenvalue weighted by Crippen LogP contribution is 2.40. The number of para-hydroxylation sites is 1. The smallest absolute Gasteiger partial charge is 0.224 e. The molecule has 0 aliphatic heterocycles. The van der Waals surface area contributed by atoms with Crippen molar-refractivity contribution in [3.8, 4) is 17.1 Å². The predicted octanol–water partition coefficient (Wildman–Crippen LogP) is 6.82. The van der Waals surface area contributed by atoms with E-state index in [0.29, 0.717) is 12.0 Å². The molecule has 0 amide bonds. The second-order valence-electron chi connectivity index (χ2n) is 9.07. The molecule has 2 aliphatic carbocycles. The highest BCUT2D eigenvalue weighted by Gasteiger charge is 2.39. The van der Waals surface area contributed by atoms with Crippen molar-refractivity contribution in [3.05, 3.63) is 71.5 Å². The van der Waals surface area contributed by atoms with Gasteiger partial charge in [-0.2, -0.15) is 4.57 Å². The van der Waals surface area contributed by atoms with Crippen molar-refractivity contribution in [1.82, 2.24) is 4.57 Å². The van der Waals surface area contributed by atoms with Gasteiger partial charge in [0.1, 0.15) is 23.1 Å². The lowest BCUT2D eigenvalue weighted by Crippen LogP contribution is -2.43. The molecule has 2 fully saturated rings. The first-order chi connectivity index (χ1) is 14.3. The van der Waals surface area contributed by atoms with Crippen molar-refractivity contribution in [3.63, 3.8) is 0 Å². The first-order valence-corrected chi connectivity index (χ1v) is 11.5. The molecule has 2 nitrogen and oxygen atoms in total. The molecule has 150 valence electrons. The van der Waals surface area contributed by atoms with Crippen molar-refractivity contribution >= 4 is 0 Å². The lowest BCUT2D eigenvalue weighted by atomic mass is 10.0. The zero-order valence-corrected chi connectivity index (χ0v) is 17.9. The van der Waals surface area contributed by atoms with Crippen molar-refractivity contribution in [1.29, 1.82) is 0 Å². The zero-order valence-electron chi connectivity index (χ0n) is 17.9. The van der Waals surface area contributed by atoms with Crippen LogP contribution < -0.4 is 4.57 Å². The molecule has 3 aromatic rings. The lowest BCUT2D eigenvalue weighted by Gasteiger charge is -2.15. The Balaban J connectivity index is 1.84. The van der Waals surface area contributed by atoms with Crippen LogP contribution in [0.15, 0.2) is 54.6 Å². The average molecular weight is 386 g/mol. The summed E-state index contributed by atoms with van der Waals surface area (Å²) >= 11 is 0. The van der Waals surface area contributed by atoms with E-state index in [2.05, 4.69) is 77.6 Å². The third-order valence-electron chi connectivity index (χ3n) is 7.23. The Morgan fingerprint density at radius 3 is 2.07 bits per heavy atom. The Morgan fingerprint density at radius 1 is 0.759 bits per heavy atom. The van der Waals surface area contributed by atoms with Gasteiger partial charge in [-0.25, -0.2) is 4.57 Å². The molecule has 2 aromatic carbocycles. The number of hydrogen-bond acceptors (Lipinski definition) is 0. The van der Waals surface area contributed by atoms with Crippen molar-refractivity contribution in [2.24, 2.45) is 0 Å². The second-order valence-corrected chi connectivity index (χ2v) is 9.07. The number of rotatable bonds is 4. The van der Waals surface area contributed by atoms with E-state index in [1.54, 1.807) is 5.69 Å². The van der Waals surface area contributed by atoms with E-state index < -0.39 is 0 Å². The van der Waals surface area contributed by atoms with Gasteiger partial charge in [-0.15, -0.1) is 0 Å². The minimum absolute atomic E-state index is 0.643. The lowest BCUT2D eigenvalue weighted by molar-refractivity contribution is -0.718. The van der Waals surface area contributed by atoms with Gasteiger partial charge in [-0.3, -0.25) is 0 Å². The molecule has 0 spiro atoms. The topological polar surface area (TPSA) is 8.81 Å². The minimum Gasteiger partial charge on any atom is -0.224 e. The number of aromatic nitrogens is 2. The van der Waals surface area contributed by atoms with E-state index in [4.69, 9.17) is 0 Å². The van der Waals surface area contributed by atoms with Gasteiger partial charge in [0.15, 0.2) is 0 Å². The summed E-state index contributed by atoms with van der Waals surface area (Å²) in [6.07, 6.45) is 10.8. The third-order valence-corrected chi connectivity index (χ3v) is 7.23. The first kappa shape index (κ1) is 18.7. The quantitative estimate of drug-likeness (QED) is 0.436. The molecule has 0 saturated heterocycles. The molecule has 2 aliphatic rings. The van der Waals surface area contributed by atoms with Crippen LogP contribution in [0, 0.1) is 13.8 Å². The van der Waals surface area contributed by atoms with E-state index in [1.807, 2.05) is 0 Å². The van der Waals surface area contributed by atoms with Gasteiger partial charge >= 0.3 is 0 Å². The highest BCUT2D eigenvalue weighted by molar-refractivity contribution is 5.59. The Bertz CT molecular complexity index is 987. The zero-order chi connectivity index (χ0) is 19.8. The van der Waals surface area contributed by atoms with Crippen LogP contribution in [0.2, 0.25) is 0 Å². The van der Waals surface area contributed by atoms with Crippen LogP contribution in [0.1, 0.15) is 80.3 Å². The summed E-state index contributed by atoms with van der Waals surface area (Å²) in [6, 6.07) is 20.6. The van der Waals surface area contributed by atoms with Gasteiger partial charge in [0.05, 0.1) is 5.56 Å². The summed E-state index contributed by atoms with van der Waals surface area (Å²) in [7, 11) is 0. The van der Waals surface area contributed by atoms with Crippen molar-refractivity contribution in [2.75, 3.05) is 0 Å². The fraction of sp³-hybridized carbons (Fsp3) is 0.444. The number of hydrogen-bond donors (Lipinski definition) is 0. The van der Waals surface area contributed by atoms with E-state index in [0.717, 1.165) is 0 Å². The molecule has 0 unspecified atom stereocenters. The van der Waals surface area contributed by atoms with Crippen LogP contribution in [0.25, 0.3) is 17.1 Å². The summed E-state index contributed by atoms with van der Waals surface area (Å²) in [5.41, 5.74) is 7.10. The fourth-order valence-corrected chi connectivity index (χ4v) is 5.86. The van der Waals surface area contributed by atoms with Crippen LogP contribution in [0.5, 0.6) is 0 Å². The van der Waals surface area contributed by atoms with Crippen LogP contribution in [0.4, 0.5) is 0 Å². The maximum Gasteiger partial charge on any atom is 0.294 e. The number of aryl methyl sites for hydroxylation is 1. The van der Waals surface area contributed by atoms with E-state index in [-0.39, 0.29) is 0 Å². The fourth-order valence-electron chi connectivity index (χ4n) is 5.86. The summed E-state index contributed by atoms with van der Waals surface area (Å²) in [4.78, 5) is 0. The van der Waals surface area contributed by atoms with Crippen LogP contribution >= 0.6 is 0 Å². The number of imidazole rings is 1. The standard InChI is InChI=1S/C27H33N2/c1-20-12-6-11-19-25(20)28-21(2)26(22-13-7-8-14-22)29(24-17-9-10-18-24)27(28)23-15-4-3-5-16-23/h3-6,11-12,15-16,19,22,24H,7-10,13-14,17-18H2,1-2H3/q+1. The molecule has 29 heavy (non-hydrogen) atoms. The van der Waals surface area contributed by atoms with Gasteiger partial charge in [0.25, 0.3) is 5.82 Å². The normalized spacial score (nSPS) is 18.0. The molecule has 0 N–H and O–H groups in total. The van der Waals surface area contributed by atoms with Gasteiger partial charge in [-0.1, -0.05) is 49.2 Å². The second kappa shape index (κ2) is 7.82. The van der Waals surface area contributed by atoms with E-state index in [9.17, 15) is 0 Å². The van der Waals surface area contributed by atoms with Gasteiger partial charge < -0.3 is 0 Å². The molecule has 1 aromatic heterocycles. The molecule has 0 radical (unpaired) electrons. The van der Waals surface area contributed by atoms with Gasteiger partial charge in [0.2, 0.25) is 0 Å². The Morgan fingerprint density at radius 2 is 1.38 bits per heavy atom. The van der Waals surface area contributed by atoms with Crippen LogP contribution in [-0.4, -0.2) is 4.57 Å². The highest BCUT2D eigenvalue weighted by atomic mass is 15.2. The monoisotopic (exact) mass is 385 g/mol. The molecule has 0 atom stereocenters. The van der Waals surface area contributed by atoms with Crippen LogP contribution in [-0.2, 0) is 0 Å². The van der Waals surface area contributed by atoms with E-state index in [1.165, 1.54) is 79.7 Å². The summed E-state index contributed by atoms with van der Waals surface area (Å²) in [5.74, 6) is 2.11. The molecule has 2 saturated carbocycles. The van der Waals surface area contributed by atoms with Gasteiger partial charge in [0, 0.05) is 12.8 Å². The number of benzene rings is 2. The third kappa shape index (κ3) is 3.23. The maximum atomic E-state index is 2.79. The Kier molecular flexibility index (Phi) is 5.03. The molecular weight excluding hydrogens is 352 g/mol. The molecule has 2 heteroatoms. The average Bonchev–Trinajstić information content (AvgIpc) is 3.49. The summed E-state index contributed by atoms with van der Waals surface area (Å²) in [5, 5.41) is 0. The molecular formula is C27H33N2+. The summed E-state index contributed by atoms with van der Waals surface area (Å²) < 4.78 is 5.37. The largest absolute Gasteiger partial charge is 0.294 e. The Labute approximate surface area is 175 Å². The SMILES string of the molecule is Cc1ccccc1-n1c(C)c(C2CCCC2)[n+](C2CCCC2)c1-c1ccccc1. The van der Waals surface area contributed by atoms with Crippen LogP contribution in [0.3, 0.4) is 0 Å². The first-order valence-electron chi connectivity index (χ1n) is 11.5. The molecule has 1 heterocycles. The van der Waals surface area contributed by atoms with Crippen molar-refractivity contribution < 1.29 is 4.57 Å². The number of nitrogens with zero attached hydrogens (tertiary/aromatic N) is 2. The molecule has 0 bridgehead atoms. The Hall–Kier alpha value is -2.35. The molecule has 5 rings (SSSR count). The van der Waals surface area contributed by atoms with Gasteiger partial charge in [-0.05, 0) is 69.2 Å². The maximum absolute atomic E-state index is 2.79. The summed E-state index contributed by atoms with van der Waals surface area (Å²) in [6.45, 7) is 4.62. The van der Waals surface area contributed by atoms with Crippen molar-refractivity contribution in [2.45, 2.75) is 77.2 Å². The minimum atomic E-state index is 0.643. The predicted molar refractivity (Wildman–Crippen MR) is 120 cm³/mol.